The smallest absolute Gasteiger partial charge is 0.127 e. The highest BCUT2D eigenvalue weighted by molar-refractivity contribution is 5.29. The van der Waals surface area contributed by atoms with Gasteiger partial charge in [-0.2, -0.15) is 0 Å². The normalized spacial score (nSPS) is 28.4. The van der Waals surface area contributed by atoms with E-state index in [0.29, 0.717) is 12.0 Å². The molecule has 2 heterocycles. The van der Waals surface area contributed by atoms with E-state index in [1.807, 2.05) is 6.07 Å². The lowest BCUT2D eigenvalue weighted by Crippen LogP contribution is -2.47. The van der Waals surface area contributed by atoms with Crippen LogP contribution in [-0.2, 0) is 6.54 Å². The number of benzene rings is 1. The maximum atomic E-state index is 14.2. The van der Waals surface area contributed by atoms with Gasteiger partial charge in [0.15, 0.2) is 0 Å². The van der Waals surface area contributed by atoms with Crippen LogP contribution in [0.2, 0.25) is 0 Å². The molecule has 138 valence electrons. The second kappa shape index (κ2) is 7.24. The van der Waals surface area contributed by atoms with Crippen molar-refractivity contribution in [3.63, 3.8) is 0 Å². The maximum Gasteiger partial charge on any atom is 0.127 e. The van der Waals surface area contributed by atoms with Gasteiger partial charge in [-0.15, -0.1) is 0 Å². The minimum atomic E-state index is -0.114. The molecule has 3 aliphatic rings. The van der Waals surface area contributed by atoms with E-state index >= 15 is 0 Å². The quantitative estimate of drug-likeness (QED) is 0.804. The Morgan fingerprint density at radius 1 is 1.12 bits per heavy atom. The van der Waals surface area contributed by atoms with Crippen LogP contribution in [0.3, 0.4) is 0 Å². The van der Waals surface area contributed by atoms with Crippen LogP contribution in [0.5, 0.6) is 5.75 Å². The first-order chi connectivity index (χ1) is 12.2. The Hall–Kier alpha value is -1.13. The van der Waals surface area contributed by atoms with Crippen molar-refractivity contribution in [2.24, 2.45) is 11.3 Å². The van der Waals surface area contributed by atoms with Crippen LogP contribution in [0.15, 0.2) is 18.2 Å². The first kappa shape index (κ1) is 17.3. The van der Waals surface area contributed by atoms with Gasteiger partial charge in [0.2, 0.25) is 0 Å². The second-order valence-corrected chi connectivity index (χ2v) is 8.55. The molecule has 1 aromatic carbocycles. The van der Waals surface area contributed by atoms with Gasteiger partial charge in [-0.25, -0.2) is 4.39 Å². The molecule has 1 aromatic rings. The standard InChI is InChI=1S/C21H31FN2O/c1-25-19-6-7-20(22)18(12-19)14-24-11-9-21(16-24)8-3-10-23(15-21)13-17-4-2-5-17/h6-7,12,17H,2-5,8-11,13-16H2,1H3. The summed E-state index contributed by atoms with van der Waals surface area (Å²) < 4.78 is 19.4. The average Bonchev–Trinajstić information content (AvgIpc) is 2.95. The summed E-state index contributed by atoms with van der Waals surface area (Å²) in [6, 6.07) is 5.08. The molecule has 0 N–H and O–H groups in total. The number of ether oxygens (including phenoxy) is 1. The summed E-state index contributed by atoms with van der Waals surface area (Å²) in [5.41, 5.74) is 1.20. The van der Waals surface area contributed by atoms with Crippen LogP contribution in [-0.4, -0.2) is 49.6 Å². The zero-order valence-corrected chi connectivity index (χ0v) is 15.5. The zero-order chi connectivity index (χ0) is 17.3. The van der Waals surface area contributed by atoms with E-state index in [9.17, 15) is 4.39 Å². The largest absolute Gasteiger partial charge is 0.497 e. The van der Waals surface area contributed by atoms with Crippen LogP contribution < -0.4 is 4.74 Å². The molecule has 0 aromatic heterocycles. The summed E-state index contributed by atoms with van der Waals surface area (Å²) >= 11 is 0. The van der Waals surface area contributed by atoms with Crippen molar-refractivity contribution in [3.8, 4) is 5.75 Å². The highest BCUT2D eigenvalue weighted by Crippen LogP contribution is 2.40. The van der Waals surface area contributed by atoms with Crippen LogP contribution in [0, 0.1) is 17.2 Å². The Bertz CT molecular complexity index is 604. The van der Waals surface area contributed by atoms with Crippen molar-refractivity contribution in [3.05, 3.63) is 29.6 Å². The van der Waals surface area contributed by atoms with Gasteiger partial charge in [-0.05, 0) is 74.7 Å². The Morgan fingerprint density at radius 2 is 1.96 bits per heavy atom. The number of hydrogen-bond donors (Lipinski definition) is 0. The summed E-state index contributed by atoms with van der Waals surface area (Å²) in [6.45, 7) is 6.75. The Morgan fingerprint density at radius 3 is 2.72 bits per heavy atom. The highest BCUT2D eigenvalue weighted by atomic mass is 19.1. The summed E-state index contributed by atoms with van der Waals surface area (Å²) in [5.74, 6) is 1.59. The Labute approximate surface area is 151 Å². The lowest BCUT2D eigenvalue weighted by molar-refractivity contribution is 0.0667. The molecule has 1 spiro atoms. The third-order valence-corrected chi connectivity index (χ3v) is 6.65. The molecular weight excluding hydrogens is 315 g/mol. The van der Waals surface area contributed by atoms with Crippen molar-refractivity contribution in [2.75, 3.05) is 39.8 Å². The number of piperidine rings is 1. The van der Waals surface area contributed by atoms with E-state index in [2.05, 4.69) is 9.80 Å². The Balaban J connectivity index is 1.37. The third-order valence-electron chi connectivity index (χ3n) is 6.65. The van der Waals surface area contributed by atoms with Gasteiger partial charge in [0, 0.05) is 31.7 Å². The minimum Gasteiger partial charge on any atom is -0.497 e. The molecule has 1 unspecified atom stereocenters. The van der Waals surface area contributed by atoms with Gasteiger partial charge in [0.25, 0.3) is 0 Å². The molecule has 1 atom stereocenters. The second-order valence-electron chi connectivity index (χ2n) is 8.55. The zero-order valence-electron chi connectivity index (χ0n) is 15.5. The third kappa shape index (κ3) is 3.85. The summed E-state index contributed by atoms with van der Waals surface area (Å²) in [7, 11) is 1.64. The molecule has 2 saturated heterocycles. The van der Waals surface area contributed by atoms with Crippen LogP contribution >= 0.6 is 0 Å². The van der Waals surface area contributed by atoms with Gasteiger partial charge in [-0.1, -0.05) is 6.42 Å². The minimum absolute atomic E-state index is 0.114. The predicted molar refractivity (Wildman–Crippen MR) is 98.3 cm³/mol. The van der Waals surface area contributed by atoms with E-state index in [-0.39, 0.29) is 5.82 Å². The van der Waals surface area contributed by atoms with E-state index in [0.717, 1.165) is 30.3 Å². The topological polar surface area (TPSA) is 15.7 Å². The van der Waals surface area contributed by atoms with Gasteiger partial charge in [-0.3, -0.25) is 4.90 Å². The van der Waals surface area contributed by atoms with E-state index < -0.39 is 0 Å². The highest BCUT2D eigenvalue weighted by Gasteiger charge is 2.41. The molecule has 0 bridgehead atoms. The van der Waals surface area contributed by atoms with Crippen LogP contribution in [0.1, 0.15) is 44.1 Å². The van der Waals surface area contributed by atoms with Crippen molar-refractivity contribution >= 4 is 0 Å². The number of hydrogen-bond acceptors (Lipinski definition) is 3. The molecule has 4 rings (SSSR count). The number of rotatable bonds is 5. The molecule has 0 radical (unpaired) electrons. The summed E-state index contributed by atoms with van der Waals surface area (Å²) in [5, 5.41) is 0. The van der Waals surface area contributed by atoms with Crippen LogP contribution in [0.4, 0.5) is 4.39 Å². The van der Waals surface area contributed by atoms with Crippen molar-refractivity contribution in [1.82, 2.24) is 9.80 Å². The lowest BCUT2D eigenvalue weighted by Gasteiger charge is -2.43. The van der Waals surface area contributed by atoms with E-state index in [4.69, 9.17) is 4.74 Å². The first-order valence-corrected chi connectivity index (χ1v) is 9.93. The summed E-state index contributed by atoms with van der Waals surface area (Å²) in [6.07, 6.45) is 8.23. The molecule has 1 saturated carbocycles. The molecular formula is C21H31FN2O. The van der Waals surface area contributed by atoms with Crippen LogP contribution in [0.25, 0.3) is 0 Å². The van der Waals surface area contributed by atoms with Crippen molar-refractivity contribution in [1.29, 1.82) is 0 Å². The molecule has 3 nitrogen and oxygen atoms in total. The molecule has 2 aliphatic heterocycles. The predicted octanol–water partition coefficient (Wildman–Crippen LogP) is 3.92. The SMILES string of the molecule is COc1ccc(F)c(CN2CCC3(CCCN(CC4CCC4)C3)C2)c1. The number of methoxy groups -OCH3 is 1. The monoisotopic (exact) mass is 346 g/mol. The molecule has 0 amide bonds. The molecule has 1 aliphatic carbocycles. The maximum absolute atomic E-state index is 14.2. The Kier molecular flexibility index (Phi) is 5.01. The fourth-order valence-corrected chi connectivity index (χ4v) is 5.04. The number of halogens is 1. The van der Waals surface area contributed by atoms with Gasteiger partial charge < -0.3 is 9.64 Å². The first-order valence-electron chi connectivity index (χ1n) is 9.93. The van der Waals surface area contributed by atoms with Crippen molar-refractivity contribution < 1.29 is 9.13 Å². The van der Waals surface area contributed by atoms with Gasteiger partial charge >= 0.3 is 0 Å². The number of nitrogens with zero attached hydrogens (tertiary/aromatic N) is 2. The average molecular weight is 346 g/mol. The van der Waals surface area contributed by atoms with E-state index in [1.54, 1.807) is 13.2 Å². The fourth-order valence-electron chi connectivity index (χ4n) is 5.04. The fraction of sp³-hybridized carbons (Fsp3) is 0.714. The van der Waals surface area contributed by atoms with Crippen molar-refractivity contribution in [2.45, 2.75) is 45.1 Å². The molecule has 25 heavy (non-hydrogen) atoms. The molecule has 3 fully saturated rings. The van der Waals surface area contributed by atoms with E-state index in [1.165, 1.54) is 64.2 Å². The van der Waals surface area contributed by atoms with Gasteiger partial charge in [0.1, 0.15) is 11.6 Å². The lowest BCUT2D eigenvalue weighted by atomic mass is 9.78. The molecule has 4 heteroatoms. The van der Waals surface area contributed by atoms with Gasteiger partial charge in [0.05, 0.1) is 7.11 Å². The number of likely N-dealkylation sites (tertiary alicyclic amines) is 2. The summed E-state index contributed by atoms with van der Waals surface area (Å²) in [4.78, 5) is 5.17.